The van der Waals surface area contributed by atoms with Gasteiger partial charge in [0.15, 0.2) is 0 Å². The molecule has 0 saturated carbocycles. The van der Waals surface area contributed by atoms with Crippen LogP contribution in [0.25, 0.3) is 33.5 Å². The SMILES string of the molecule is Cc1cc(C(N)=O)c2nc(-c3ccc(-c4ccc(OCc5ccccn5)cc4)cc3)[nH]c2c1. The topological polar surface area (TPSA) is 93.9 Å². The molecule has 0 unspecified atom stereocenters. The van der Waals surface area contributed by atoms with Gasteiger partial charge in [-0.15, -0.1) is 0 Å². The quantitative estimate of drug-likeness (QED) is 0.380. The standard InChI is InChI=1S/C27H22N4O2/c1-17-14-23(26(28)32)25-24(15-17)30-27(31-25)20-7-5-18(6-8-20)19-9-11-22(12-10-19)33-16-21-4-2-3-13-29-21/h2-15H,16H2,1H3,(H2,28,32)(H,30,31). The van der Waals surface area contributed by atoms with Crippen LogP contribution in [0, 0.1) is 6.92 Å². The second kappa shape index (κ2) is 8.59. The maximum Gasteiger partial charge on any atom is 0.250 e. The van der Waals surface area contributed by atoms with Gasteiger partial charge in [-0.1, -0.05) is 42.5 Å². The van der Waals surface area contributed by atoms with Gasteiger partial charge in [-0.2, -0.15) is 0 Å². The summed E-state index contributed by atoms with van der Waals surface area (Å²) < 4.78 is 5.82. The number of benzene rings is 3. The molecule has 0 radical (unpaired) electrons. The van der Waals surface area contributed by atoms with Crippen LogP contribution in [0.15, 0.2) is 85.1 Å². The van der Waals surface area contributed by atoms with Crippen molar-refractivity contribution in [3.8, 4) is 28.3 Å². The fraction of sp³-hybridized carbons (Fsp3) is 0.0741. The number of nitrogens with two attached hydrogens (primary N) is 1. The van der Waals surface area contributed by atoms with Crippen molar-refractivity contribution in [2.75, 3.05) is 0 Å². The number of carbonyl (C=O) groups is 1. The van der Waals surface area contributed by atoms with Gasteiger partial charge >= 0.3 is 0 Å². The summed E-state index contributed by atoms with van der Waals surface area (Å²) in [7, 11) is 0. The van der Waals surface area contributed by atoms with Gasteiger partial charge in [-0.25, -0.2) is 4.98 Å². The molecule has 0 bridgehead atoms. The summed E-state index contributed by atoms with van der Waals surface area (Å²) in [6, 6.07) is 25.6. The number of aromatic nitrogens is 3. The van der Waals surface area contributed by atoms with E-state index in [1.54, 1.807) is 12.3 Å². The molecule has 6 heteroatoms. The second-order valence-electron chi connectivity index (χ2n) is 7.87. The molecule has 33 heavy (non-hydrogen) atoms. The summed E-state index contributed by atoms with van der Waals surface area (Å²) in [6.45, 7) is 2.36. The van der Waals surface area contributed by atoms with Gasteiger partial charge in [0.2, 0.25) is 0 Å². The Morgan fingerprint density at radius 3 is 2.30 bits per heavy atom. The minimum absolute atomic E-state index is 0.425. The minimum atomic E-state index is -0.482. The highest BCUT2D eigenvalue weighted by Gasteiger charge is 2.13. The third-order valence-corrected chi connectivity index (χ3v) is 5.46. The molecule has 1 amide bonds. The maximum atomic E-state index is 11.8. The highest BCUT2D eigenvalue weighted by molar-refractivity contribution is 6.05. The number of primary amides is 1. The summed E-state index contributed by atoms with van der Waals surface area (Å²) in [5.74, 6) is 1.01. The molecule has 0 aliphatic rings. The zero-order valence-electron chi connectivity index (χ0n) is 18.1. The number of ether oxygens (including phenoxy) is 1. The Kier molecular flexibility index (Phi) is 5.32. The molecule has 0 fully saturated rings. The van der Waals surface area contributed by atoms with E-state index >= 15 is 0 Å². The minimum Gasteiger partial charge on any atom is -0.487 e. The van der Waals surface area contributed by atoms with E-state index in [0.717, 1.165) is 39.2 Å². The molecule has 0 saturated heterocycles. The molecular formula is C27H22N4O2. The second-order valence-corrected chi connectivity index (χ2v) is 7.87. The molecule has 0 aliphatic carbocycles. The van der Waals surface area contributed by atoms with Crippen LogP contribution in [0.2, 0.25) is 0 Å². The Morgan fingerprint density at radius 2 is 1.64 bits per heavy atom. The highest BCUT2D eigenvalue weighted by Crippen LogP contribution is 2.28. The van der Waals surface area contributed by atoms with Crippen LogP contribution in [0.5, 0.6) is 5.75 Å². The number of carbonyl (C=O) groups excluding carboxylic acids is 1. The van der Waals surface area contributed by atoms with E-state index in [4.69, 9.17) is 10.5 Å². The van der Waals surface area contributed by atoms with Gasteiger partial charge in [0, 0.05) is 11.8 Å². The van der Waals surface area contributed by atoms with Gasteiger partial charge < -0.3 is 15.5 Å². The predicted molar refractivity (Wildman–Crippen MR) is 129 cm³/mol. The number of hydrogen-bond acceptors (Lipinski definition) is 4. The summed E-state index contributed by atoms with van der Waals surface area (Å²) in [5, 5.41) is 0. The van der Waals surface area contributed by atoms with Crippen LogP contribution in [0.1, 0.15) is 21.6 Å². The Balaban J connectivity index is 1.34. The van der Waals surface area contributed by atoms with E-state index in [9.17, 15) is 4.79 Å². The molecule has 2 heterocycles. The first-order chi connectivity index (χ1) is 16.1. The van der Waals surface area contributed by atoms with Crippen molar-refractivity contribution in [3.63, 3.8) is 0 Å². The first-order valence-electron chi connectivity index (χ1n) is 10.6. The lowest BCUT2D eigenvalue weighted by Crippen LogP contribution is -2.11. The normalized spacial score (nSPS) is 10.9. The van der Waals surface area contributed by atoms with Crippen LogP contribution < -0.4 is 10.5 Å². The van der Waals surface area contributed by atoms with Gasteiger partial charge in [0.05, 0.1) is 16.8 Å². The van der Waals surface area contributed by atoms with Crippen LogP contribution >= 0.6 is 0 Å². The van der Waals surface area contributed by atoms with E-state index in [0.29, 0.717) is 23.5 Å². The Labute approximate surface area is 191 Å². The lowest BCUT2D eigenvalue weighted by Gasteiger charge is -2.07. The van der Waals surface area contributed by atoms with Crippen molar-refractivity contribution >= 4 is 16.9 Å². The lowest BCUT2D eigenvalue weighted by atomic mass is 10.0. The number of nitrogens with one attached hydrogen (secondary N) is 1. The van der Waals surface area contributed by atoms with Crippen molar-refractivity contribution in [3.05, 3.63) is 102 Å². The van der Waals surface area contributed by atoms with E-state index in [-0.39, 0.29) is 0 Å². The molecular weight excluding hydrogens is 412 g/mol. The Hall–Kier alpha value is -4.45. The van der Waals surface area contributed by atoms with Gasteiger partial charge in [0.1, 0.15) is 23.7 Å². The fourth-order valence-electron chi connectivity index (χ4n) is 3.79. The number of H-pyrrole nitrogens is 1. The van der Waals surface area contributed by atoms with Gasteiger partial charge in [-0.05, 0) is 60.0 Å². The molecule has 0 aliphatic heterocycles. The zero-order valence-corrected chi connectivity index (χ0v) is 18.1. The number of imidazole rings is 1. The average molecular weight is 434 g/mol. The largest absolute Gasteiger partial charge is 0.487 e. The van der Waals surface area contributed by atoms with Crippen molar-refractivity contribution in [2.45, 2.75) is 13.5 Å². The lowest BCUT2D eigenvalue weighted by molar-refractivity contribution is 0.100. The van der Waals surface area contributed by atoms with Crippen molar-refractivity contribution < 1.29 is 9.53 Å². The van der Waals surface area contributed by atoms with E-state index < -0.39 is 5.91 Å². The van der Waals surface area contributed by atoms with Gasteiger partial charge in [0.25, 0.3) is 5.91 Å². The van der Waals surface area contributed by atoms with Crippen molar-refractivity contribution in [1.29, 1.82) is 0 Å². The molecule has 162 valence electrons. The maximum absolute atomic E-state index is 11.8. The molecule has 5 rings (SSSR count). The first kappa shape index (κ1) is 20.5. The number of amides is 1. The van der Waals surface area contributed by atoms with Crippen LogP contribution in [-0.4, -0.2) is 20.9 Å². The average Bonchev–Trinajstić information content (AvgIpc) is 3.27. The van der Waals surface area contributed by atoms with E-state index in [1.807, 2.05) is 79.7 Å². The van der Waals surface area contributed by atoms with E-state index in [2.05, 4.69) is 15.0 Å². The zero-order chi connectivity index (χ0) is 22.8. The third-order valence-electron chi connectivity index (χ3n) is 5.46. The molecule has 2 aromatic heterocycles. The van der Waals surface area contributed by atoms with E-state index in [1.165, 1.54) is 0 Å². The van der Waals surface area contributed by atoms with Crippen molar-refractivity contribution in [1.82, 2.24) is 15.0 Å². The number of aryl methyl sites for hydroxylation is 1. The summed E-state index contributed by atoms with van der Waals surface area (Å²) >= 11 is 0. The third kappa shape index (κ3) is 4.32. The van der Waals surface area contributed by atoms with Crippen molar-refractivity contribution in [2.24, 2.45) is 5.73 Å². The summed E-state index contributed by atoms with van der Waals surface area (Å²) in [5.41, 5.74) is 12.3. The predicted octanol–water partition coefficient (Wildman–Crippen LogP) is 5.28. The molecule has 3 N–H and O–H groups in total. The van der Waals surface area contributed by atoms with Crippen LogP contribution in [0.4, 0.5) is 0 Å². The number of aromatic amines is 1. The first-order valence-corrected chi connectivity index (χ1v) is 10.6. The molecule has 0 atom stereocenters. The number of hydrogen-bond donors (Lipinski definition) is 2. The summed E-state index contributed by atoms with van der Waals surface area (Å²) in [6.07, 6.45) is 1.76. The smallest absolute Gasteiger partial charge is 0.250 e. The number of fused-ring (bicyclic) bond motifs is 1. The van der Waals surface area contributed by atoms with Crippen LogP contribution in [0.3, 0.4) is 0 Å². The Bertz CT molecular complexity index is 1420. The molecule has 0 spiro atoms. The number of pyridine rings is 1. The molecule has 6 nitrogen and oxygen atoms in total. The monoisotopic (exact) mass is 434 g/mol. The Morgan fingerprint density at radius 1 is 0.939 bits per heavy atom. The number of nitrogens with zero attached hydrogens (tertiary/aromatic N) is 2. The fourth-order valence-corrected chi connectivity index (χ4v) is 3.79. The van der Waals surface area contributed by atoms with Crippen LogP contribution in [-0.2, 0) is 6.61 Å². The summed E-state index contributed by atoms with van der Waals surface area (Å²) in [4.78, 5) is 24.0. The molecule has 5 aromatic rings. The van der Waals surface area contributed by atoms with Gasteiger partial charge in [-0.3, -0.25) is 9.78 Å². The highest BCUT2D eigenvalue weighted by atomic mass is 16.5. The number of rotatable bonds is 6. The molecule has 3 aromatic carbocycles.